The maximum absolute atomic E-state index is 12.2. The molecule has 0 unspecified atom stereocenters. The zero-order valence-corrected chi connectivity index (χ0v) is 8.94. The van der Waals surface area contributed by atoms with Crippen LogP contribution in [-0.2, 0) is 0 Å². The molecule has 0 aliphatic rings. The minimum Gasteiger partial charge on any atom is -0.320 e. The quantitative estimate of drug-likeness (QED) is 0.585. The van der Waals surface area contributed by atoms with Gasteiger partial charge in [-0.2, -0.15) is 0 Å². The summed E-state index contributed by atoms with van der Waals surface area (Å²) in [5.41, 5.74) is 0.839. The summed E-state index contributed by atoms with van der Waals surface area (Å²) in [6.45, 7) is 1.83. The van der Waals surface area contributed by atoms with Gasteiger partial charge < -0.3 is 4.98 Å². The Hall–Kier alpha value is -2.50. The molecule has 3 aromatic rings. The Balaban J connectivity index is 2.80. The van der Waals surface area contributed by atoms with E-state index in [9.17, 15) is 9.59 Å². The molecular formula is C11H8N4O2. The van der Waals surface area contributed by atoms with Gasteiger partial charge in [-0.05, 0) is 18.6 Å². The Morgan fingerprint density at radius 2 is 2.00 bits per heavy atom. The van der Waals surface area contributed by atoms with Crippen molar-refractivity contribution in [3.8, 4) is 0 Å². The summed E-state index contributed by atoms with van der Waals surface area (Å²) in [7, 11) is 0. The fraction of sp³-hybridized carbons (Fsp3) is 0.0909. The molecular weight excluding hydrogens is 220 g/mol. The highest BCUT2D eigenvalue weighted by molar-refractivity contribution is 5.88. The third-order valence-electron chi connectivity index (χ3n) is 2.75. The van der Waals surface area contributed by atoms with Crippen LogP contribution in [0.25, 0.3) is 21.9 Å². The molecule has 0 saturated carbocycles. The van der Waals surface area contributed by atoms with E-state index in [0.29, 0.717) is 10.9 Å². The van der Waals surface area contributed by atoms with Crippen molar-refractivity contribution >= 4 is 21.9 Å². The number of aryl methyl sites for hydroxylation is 1. The van der Waals surface area contributed by atoms with E-state index in [1.807, 2.05) is 13.0 Å². The van der Waals surface area contributed by atoms with Crippen LogP contribution < -0.4 is 11.0 Å². The molecule has 2 N–H and O–H groups in total. The minimum absolute atomic E-state index is 0.0330. The topological polar surface area (TPSA) is 91.5 Å². The van der Waals surface area contributed by atoms with Gasteiger partial charge in [-0.3, -0.25) is 14.7 Å². The number of nitrogens with zero attached hydrogens (tertiary/aromatic N) is 2. The van der Waals surface area contributed by atoms with Crippen LogP contribution >= 0.6 is 0 Å². The number of para-hydroxylation sites is 1. The number of fused-ring (bicyclic) bond motifs is 2. The fourth-order valence-electron chi connectivity index (χ4n) is 1.88. The van der Waals surface area contributed by atoms with Gasteiger partial charge in [-0.25, -0.2) is 0 Å². The van der Waals surface area contributed by atoms with Gasteiger partial charge in [0.05, 0.1) is 5.52 Å². The van der Waals surface area contributed by atoms with E-state index in [1.54, 1.807) is 12.1 Å². The molecule has 0 aliphatic heterocycles. The first-order valence-electron chi connectivity index (χ1n) is 5.05. The lowest BCUT2D eigenvalue weighted by molar-refractivity contribution is 0.955. The van der Waals surface area contributed by atoms with E-state index in [2.05, 4.69) is 20.4 Å². The Morgan fingerprint density at radius 3 is 2.82 bits per heavy atom. The number of rotatable bonds is 0. The van der Waals surface area contributed by atoms with Crippen LogP contribution in [0.3, 0.4) is 0 Å². The second-order valence-corrected chi connectivity index (χ2v) is 3.82. The fourth-order valence-corrected chi connectivity index (χ4v) is 1.88. The summed E-state index contributed by atoms with van der Waals surface area (Å²) in [5.74, 6) is 0. The molecule has 0 bridgehead atoms. The lowest BCUT2D eigenvalue weighted by Gasteiger charge is -1.95. The average molecular weight is 228 g/mol. The predicted molar refractivity (Wildman–Crippen MR) is 63.0 cm³/mol. The second-order valence-electron chi connectivity index (χ2n) is 3.82. The summed E-state index contributed by atoms with van der Waals surface area (Å²) in [6, 6.07) is 5.27. The monoisotopic (exact) mass is 228 g/mol. The standard InChI is InChI=1S/C11H8N4O2/c1-5-3-2-4-6-7(5)12-11(17)9-8(10(6)16)13-15-14-9/h2-4H,1H3,(H,12,17)(H,13,14,15). The van der Waals surface area contributed by atoms with E-state index in [4.69, 9.17) is 0 Å². The van der Waals surface area contributed by atoms with E-state index in [0.717, 1.165) is 5.56 Å². The van der Waals surface area contributed by atoms with Crippen molar-refractivity contribution in [2.45, 2.75) is 6.92 Å². The predicted octanol–water partition coefficient (Wildman–Crippen LogP) is 0.468. The summed E-state index contributed by atoms with van der Waals surface area (Å²) < 4.78 is 0. The van der Waals surface area contributed by atoms with Crippen molar-refractivity contribution < 1.29 is 0 Å². The molecule has 2 aromatic heterocycles. The minimum atomic E-state index is -0.421. The molecule has 0 fully saturated rings. The molecule has 2 heterocycles. The number of aromatic nitrogens is 4. The van der Waals surface area contributed by atoms with E-state index < -0.39 is 5.56 Å². The first-order valence-corrected chi connectivity index (χ1v) is 5.05. The number of H-pyrrole nitrogens is 2. The number of nitrogens with one attached hydrogen (secondary N) is 2. The molecule has 0 atom stereocenters. The maximum atomic E-state index is 12.2. The normalized spacial score (nSPS) is 11.1. The molecule has 0 radical (unpaired) electrons. The second kappa shape index (κ2) is 3.24. The number of benzene rings is 1. The van der Waals surface area contributed by atoms with Gasteiger partial charge >= 0.3 is 0 Å². The van der Waals surface area contributed by atoms with Gasteiger partial charge in [-0.1, -0.05) is 17.3 Å². The Morgan fingerprint density at radius 1 is 1.18 bits per heavy atom. The van der Waals surface area contributed by atoms with E-state index in [-0.39, 0.29) is 16.5 Å². The van der Waals surface area contributed by atoms with Crippen molar-refractivity contribution in [1.29, 1.82) is 0 Å². The van der Waals surface area contributed by atoms with Crippen LogP contribution in [-0.4, -0.2) is 20.4 Å². The Bertz CT molecular complexity index is 847. The van der Waals surface area contributed by atoms with Crippen LogP contribution in [0.15, 0.2) is 27.8 Å². The zero-order chi connectivity index (χ0) is 12.0. The molecule has 17 heavy (non-hydrogen) atoms. The summed E-state index contributed by atoms with van der Waals surface area (Å²) >= 11 is 0. The van der Waals surface area contributed by atoms with E-state index >= 15 is 0 Å². The largest absolute Gasteiger partial charge is 0.320 e. The molecule has 6 nitrogen and oxygen atoms in total. The van der Waals surface area contributed by atoms with Gasteiger partial charge in [0.25, 0.3) is 5.56 Å². The third-order valence-corrected chi connectivity index (χ3v) is 2.75. The van der Waals surface area contributed by atoms with Gasteiger partial charge in [0.1, 0.15) is 5.52 Å². The summed E-state index contributed by atoms with van der Waals surface area (Å²) in [5, 5.41) is 10.0. The van der Waals surface area contributed by atoms with Crippen LogP contribution in [0.2, 0.25) is 0 Å². The molecule has 0 aliphatic carbocycles. The van der Waals surface area contributed by atoms with Crippen molar-refractivity contribution in [2.75, 3.05) is 0 Å². The Kier molecular flexibility index (Phi) is 1.85. The maximum Gasteiger partial charge on any atom is 0.278 e. The molecule has 3 rings (SSSR count). The third kappa shape index (κ3) is 1.27. The van der Waals surface area contributed by atoms with Crippen molar-refractivity contribution in [2.24, 2.45) is 0 Å². The van der Waals surface area contributed by atoms with E-state index in [1.165, 1.54) is 0 Å². The molecule has 84 valence electrons. The van der Waals surface area contributed by atoms with Gasteiger partial charge in [-0.15, -0.1) is 5.10 Å². The smallest absolute Gasteiger partial charge is 0.278 e. The summed E-state index contributed by atoms with van der Waals surface area (Å²) in [4.78, 5) is 26.7. The van der Waals surface area contributed by atoms with Crippen LogP contribution in [0.4, 0.5) is 0 Å². The van der Waals surface area contributed by atoms with Gasteiger partial charge in [0.2, 0.25) is 5.43 Å². The summed E-state index contributed by atoms with van der Waals surface area (Å²) in [6.07, 6.45) is 0. The zero-order valence-electron chi connectivity index (χ0n) is 8.94. The highest BCUT2D eigenvalue weighted by Gasteiger charge is 2.09. The lowest BCUT2D eigenvalue weighted by Crippen LogP contribution is -2.03. The van der Waals surface area contributed by atoms with Crippen LogP contribution in [0.5, 0.6) is 0 Å². The molecule has 0 saturated heterocycles. The van der Waals surface area contributed by atoms with Crippen molar-refractivity contribution in [3.05, 3.63) is 44.3 Å². The van der Waals surface area contributed by atoms with Gasteiger partial charge in [0.15, 0.2) is 5.52 Å². The van der Waals surface area contributed by atoms with Crippen molar-refractivity contribution in [1.82, 2.24) is 20.4 Å². The number of aromatic amines is 2. The SMILES string of the molecule is Cc1cccc2c(=O)c3[nH]nnc3c(=O)[nH]c12. The van der Waals surface area contributed by atoms with Gasteiger partial charge in [0, 0.05) is 5.39 Å². The lowest BCUT2D eigenvalue weighted by atomic mass is 10.1. The highest BCUT2D eigenvalue weighted by Crippen LogP contribution is 2.11. The van der Waals surface area contributed by atoms with Crippen LogP contribution in [0, 0.1) is 6.92 Å². The molecule has 1 aromatic carbocycles. The highest BCUT2D eigenvalue weighted by atomic mass is 16.1. The average Bonchev–Trinajstić information content (AvgIpc) is 2.76. The first-order chi connectivity index (χ1) is 8.18. The number of hydrogen-bond donors (Lipinski definition) is 2. The number of hydrogen-bond acceptors (Lipinski definition) is 4. The Labute approximate surface area is 94.3 Å². The molecule has 6 heteroatoms. The van der Waals surface area contributed by atoms with Crippen molar-refractivity contribution in [3.63, 3.8) is 0 Å². The first kappa shape index (κ1) is 9.71. The van der Waals surface area contributed by atoms with Crippen LogP contribution in [0.1, 0.15) is 5.56 Å². The molecule has 0 amide bonds. The molecule has 0 spiro atoms.